The fourth-order valence-corrected chi connectivity index (χ4v) is 4.65. The Balaban J connectivity index is 1.37. The van der Waals surface area contributed by atoms with E-state index in [1.165, 1.54) is 21.4 Å². The minimum absolute atomic E-state index is 0.835. The van der Waals surface area contributed by atoms with E-state index in [9.17, 15) is 0 Å². The molecule has 31 heavy (non-hydrogen) atoms. The lowest BCUT2D eigenvalue weighted by Gasteiger charge is -2.06. The summed E-state index contributed by atoms with van der Waals surface area (Å²) >= 11 is 1.71. The number of anilines is 2. The molecule has 0 radical (unpaired) electrons. The standard InChI is InChI=1S/C24H24N6S/c1-25-10-11-26-14-16-2-4-17(5-3-16)22-13-21-23(31-22)24(29-15-28-21)30-19-6-7-20-18(12-19)8-9-27-20/h2-9,12-13,15,25-27H,10-11,14H2,1H3,(H,28,29,30). The van der Waals surface area contributed by atoms with E-state index >= 15 is 0 Å². The molecule has 5 rings (SSSR count). The summed E-state index contributed by atoms with van der Waals surface area (Å²) in [6.45, 7) is 2.80. The number of nitrogens with one attached hydrogen (secondary N) is 4. The number of rotatable bonds is 8. The summed E-state index contributed by atoms with van der Waals surface area (Å²) in [6.07, 6.45) is 3.57. The molecule has 0 saturated carbocycles. The Morgan fingerprint density at radius 2 is 1.87 bits per heavy atom. The number of benzene rings is 2. The van der Waals surface area contributed by atoms with Gasteiger partial charge in [-0.05, 0) is 48.5 Å². The number of fused-ring (bicyclic) bond motifs is 2. The number of nitrogens with zero attached hydrogens (tertiary/aromatic N) is 2. The molecule has 0 saturated heterocycles. The van der Waals surface area contributed by atoms with E-state index < -0.39 is 0 Å². The zero-order valence-electron chi connectivity index (χ0n) is 17.3. The van der Waals surface area contributed by atoms with Gasteiger partial charge in [0.15, 0.2) is 5.82 Å². The van der Waals surface area contributed by atoms with Crippen molar-refractivity contribution < 1.29 is 0 Å². The summed E-state index contributed by atoms with van der Waals surface area (Å²) in [5.41, 5.74) is 5.57. The molecule has 0 bridgehead atoms. The molecule has 0 unspecified atom stereocenters. The molecule has 7 heteroatoms. The molecule has 0 spiro atoms. The van der Waals surface area contributed by atoms with Crippen LogP contribution in [0, 0.1) is 0 Å². The lowest BCUT2D eigenvalue weighted by Crippen LogP contribution is -2.24. The van der Waals surface area contributed by atoms with Crippen molar-refractivity contribution in [2.24, 2.45) is 0 Å². The fourth-order valence-electron chi connectivity index (χ4n) is 3.59. The summed E-state index contributed by atoms with van der Waals surface area (Å²) < 4.78 is 1.06. The molecule has 3 heterocycles. The van der Waals surface area contributed by atoms with Crippen molar-refractivity contribution in [2.45, 2.75) is 6.54 Å². The van der Waals surface area contributed by atoms with E-state index in [2.05, 4.69) is 85.5 Å². The Morgan fingerprint density at radius 1 is 0.968 bits per heavy atom. The smallest absolute Gasteiger partial charge is 0.151 e. The van der Waals surface area contributed by atoms with Crippen molar-refractivity contribution in [2.75, 3.05) is 25.5 Å². The van der Waals surface area contributed by atoms with Gasteiger partial charge in [-0.2, -0.15) is 0 Å². The van der Waals surface area contributed by atoms with Crippen molar-refractivity contribution in [3.63, 3.8) is 0 Å². The molecule has 3 aromatic heterocycles. The van der Waals surface area contributed by atoms with Crippen LogP contribution >= 0.6 is 11.3 Å². The lowest BCUT2D eigenvalue weighted by molar-refractivity contribution is 0.651. The van der Waals surface area contributed by atoms with Crippen LogP contribution in [0.1, 0.15) is 5.56 Å². The second kappa shape index (κ2) is 8.85. The van der Waals surface area contributed by atoms with Crippen molar-refractivity contribution in [3.05, 3.63) is 72.7 Å². The quantitative estimate of drug-likeness (QED) is 0.265. The van der Waals surface area contributed by atoms with Crippen LogP contribution in [0.2, 0.25) is 0 Å². The highest BCUT2D eigenvalue weighted by molar-refractivity contribution is 7.22. The molecular weight excluding hydrogens is 404 g/mol. The largest absolute Gasteiger partial charge is 0.361 e. The Labute approximate surface area is 184 Å². The molecule has 5 aromatic rings. The van der Waals surface area contributed by atoms with Crippen LogP contribution < -0.4 is 16.0 Å². The molecule has 6 nitrogen and oxygen atoms in total. The zero-order chi connectivity index (χ0) is 21.0. The van der Waals surface area contributed by atoms with Crippen LogP contribution in [0.5, 0.6) is 0 Å². The van der Waals surface area contributed by atoms with Crippen LogP contribution in [0.3, 0.4) is 0 Å². The zero-order valence-corrected chi connectivity index (χ0v) is 18.1. The van der Waals surface area contributed by atoms with Gasteiger partial charge in [-0.25, -0.2) is 9.97 Å². The molecule has 0 atom stereocenters. The van der Waals surface area contributed by atoms with Crippen molar-refractivity contribution in [1.82, 2.24) is 25.6 Å². The van der Waals surface area contributed by atoms with E-state index in [0.717, 1.165) is 46.9 Å². The second-order valence-electron chi connectivity index (χ2n) is 7.43. The number of hydrogen-bond acceptors (Lipinski definition) is 6. The van der Waals surface area contributed by atoms with E-state index in [1.54, 1.807) is 17.7 Å². The van der Waals surface area contributed by atoms with Crippen LogP contribution in [0.15, 0.2) is 67.1 Å². The first-order valence-corrected chi connectivity index (χ1v) is 11.2. The summed E-state index contributed by atoms with van der Waals surface area (Å²) in [6, 6.07) is 19.2. The van der Waals surface area contributed by atoms with Gasteiger partial charge in [0.25, 0.3) is 0 Å². The number of aromatic amines is 1. The minimum atomic E-state index is 0.835. The van der Waals surface area contributed by atoms with Gasteiger partial charge in [0.05, 0.1) is 10.2 Å². The van der Waals surface area contributed by atoms with Gasteiger partial charge >= 0.3 is 0 Å². The van der Waals surface area contributed by atoms with Gasteiger partial charge in [0.1, 0.15) is 6.33 Å². The van der Waals surface area contributed by atoms with Crippen LogP contribution in [0.4, 0.5) is 11.5 Å². The lowest BCUT2D eigenvalue weighted by atomic mass is 10.1. The molecule has 2 aromatic carbocycles. The average molecular weight is 429 g/mol. The molecular formula is C24H24N6S. The molecule has 156 valence electrons. The van der Waals surface area contributed by atoms with Gasteiger partial charge in [-0.15, -0.1) is 11.3 Å². The average Bonchev–Trinajstić information content (AvgIpc) is 3.44. The van der Waals surface area contributed by atoms with Crippen LogP contribution in [-0.4, -0.2) is 35.1 Å². The third-order valence-electron chi connectivity index (χ3n) is 5.25. The molecule has 0 aliphatic carbocycles. The predicted octanol–water partition coefficient (Wildman–Crippen LogP) is 4.89. The van der Waals surface area contributed by atoms with Gasteiger partial charge in [-0.1, -0.05) is 24.3 Å². The SMILES string of the molecule is CNCCNCc1ccc(-c2cc3ncnc(Nc4ccc5[nH]ccc5c4)c3s2)cc1. The molecule has 0 aliphatic rings. The molecule has 0 aliphatic heterocycles. The maximum absolute atomic E-state index is 4.51. The monoisotopic (exact) mass is 428 g/mol. The van der Waals surface area contributed by atoms with E-state index in [4.69, 9.17) is 0 Å². The van der Waals surface area contributed by atoms with Crippen molar-refractivity contribution >= 4 is 44.0 Å². The van der Waals surface area contributed by atoms with Crippen LogP contribution in [-0.2, 0) is 6.54 Å². The number of likely N-dealkylation sites (N-methyl/N-ethyl adjacent to an activating group) is 1. The minimum Gasteiger partial charge on any atom is -0.361 e. The highest BCUT2D eigenvalue weighted by Crippen LogP contribution is 2.36. The number of aromatic nitrogens is 3. The topological polar surface area (TPSA) is 77.7 Å². The van der Waals surface area contributed by atoms with Crippen molar-refractivity contribution in [3.8, 4) is 10.4 Å². The van der Waals surface area contributed by atoms with Gasteiger partial charge < -0.3 is 20.9 Å². The molecule has 0 amide bonds. The number of thiophene rings is 1. The number of H-pyrrole nitrogens is 1. The first-order chi connectivity index (χ1) is 15.3. The Hall–Kier alpha value is -3.26. The first-order valence-electron chi connectivity index (χ1n) is 10.3. The third kappa shape index (κ3) is 4.29. The normalized spacial score (nSPS) is 11.4. The number of hydrogen-bond donors (Lipinski definition) is 4. The summed E-state index contributed by atoms with van der Waals surface area (Å²) in [4.78, 5) is 13.4. The Morgan fingerprint density at radius 3 is 2.74 bits per heavy atom. The highest BCUT2D eigenvalue weighted by Gasteiger charge is 2.11. The van der Waals surface area contributed by atoms with Gasteiger partial charge in [-0.3, -0.25) is 0 Å². The molecule has 0 fully saturated rings. The van der Waals surface area contributed by atoms with Crippen molar-refractivity contribution in [1.29, 1.82) is 0 Å². The summed E-state index contributed by atoms with van der Waals surface area (Å²) in [5, 5.41) is 11.2. The van der Waals surface area contributed by atoms with Gasteiger partial charge in [0.2, 0.25) is 0 Å². The first kappa shape index (κ1) is 19.7. The molecule has 4 N–H and O–H groups in total. The summed E-state index contributed by atoms with van der Waals surface area (Å²) in [7, 11) is 1.97. The highest BCUT2D eigenvalue weighted by atomic mass is 32.1. The predicted molar refractivity (Wildman–Crippen MR) is 130 cm³/mol. The van der Waals surface area contributed by atoms with E-state index in [-0.39, 0.29) is 0 Å². The third-order valence-corrected chi connectivity index (χ3v) is 6.43. The maximum Gasteiger partial charge on any atom is 0.151 e. The Kier molecular flexibility index (Phi) is 5.62. The van der Waals surface area contributed by atoms with E-state index in [1.807, 2.05) is 13.2 Å². The van der Waals surface area contributed by atoms with E-state index in [0.29, 0.717) is 0 Å². The Bertz CT molecular complexity index is 1300. The van der Waals surface area contributed by atoms with Gasteiger partial charge in [0, 0.05) is 47.3 Å². The summed E-state index contributed by atoms with van der Waals surface area (Å²) in [5.74, 6) is 0.835. The van der Waals surface area contributed by atoms with Crippen LogP contribution in [0.25, 0.3) is 31.6 Å². The fraction of sp³-hybridized carbons (Fsp3) is 0.167. The maximum atomic E-state index is 4.51. The second-order valence-corrected chi connectivity index (χ2v) is 8.48.